The molecule has 0 saturated carbocycles. The highest BCUT2D eigenvalue weighted by Gasteiger charge is 1.95. The fraction of sp³-hybridized carbons (Fsp3) is 0.923. The number of hydrogen-bond donors (Lipinski definition) is 4. The number of aliphatic hydroxyl groups excluding tert-OH is 2. The van der Waals surface area contributed by atoms with Crippen molar-refractivity contribution in [3.05, 3.63) is 0 Å². The molecule has 5 heteroatoms. The molecule has 0 fully saturated rings. The van der Waals surface area contributed by atoms with Gasteiger partial charge in [-0.15, -0.1) is 0 Å². The Labute approximate surface area is 116 Å². The normalized spacial score (nSPS) is 10.3. The first kappa shape index (κ1) is 17.6. The summed E-state index contributed by atoms with van der Waals surface area (Å²) in [7, 11) is 0. The monoisotopic (exact) mass is 276 g/mol. The molecule has 0 aromatic heterocycles. The van der Waals surface area contributed by atoms with E-state index in [4.69, 9.17) is 22.4 Å². The zero-order valence-electron chi connectivity index (χ0n) is 11.3. The van der Waals surface area contributed by atoms with E-state index in [-0.39, 0.29) is 0 Å². The Hall–Kier alpha value is -0.390. The molecule has 0 aromatic rings. The molecule has 0 aliphatic heterocycles. The first-order chi connectivity index (χ1) is 8.81. The number of aliphatic hydroxyl groups is 2. The van der Waals surface area contributed by atoms with Crippen LogP contribution >= 0.6 is 12.2 Å². The van der Waals surface area contributed by atoms with Crippen LogP contribution in [0.25, 0.3) is 0 Å². The molecule has 0 rings (SSSR count). The van der Waals surface area contributed by atoms with Gasteiger partial charge in [0.15, 0.2) is 5.11 Å². The number of nitrogens with one attached hydrogen (secondary N) is 2. The smallest absolute Gasteiger partial charge is 0.166 e. The van der Waals surface area contributed by atoms with Crippen LogP contribution in [0.5, 0.6) is 0 Å². The first-order valence-corrected chi connectivity index (χ1v) is 7.45. The minimum Gasteiger partial charge on any atom is -0.396 e. The highest BCUT2D eigenvalue weighted by atomic mass is 32.1. The average molecular weight is 276 g/mol. The van der Waals surface area contributed by atoms with Gasteiger partial charge in [-0.25, -0.2) is 0 Å². The van der Waals surface area contributed by atoms with Crippen LogP contribution in [0, 0.1) is 0 Å². The Balaban J connectivity index is 3.12. The molecule has 4 nitrogen and oxygen atoms in total. The fourth-order valence-electron chi connectivity index (χ4n) is 1.65. The summed E-state index contributed by atoms with van der Waals surface area (Å²) < 4.78 is 0. The van der Waals surface area contributed by atoms with Crippen molar-refractivity contribution in [2.24, 2.45) is 0 Å². The minimum absolute atomic E-state index is 0.295. The molecule has 0 aliphatic carbocycles. The van der Waals surface area contributed by atoms with Crippen LogP contribution in [-0.4, -0.2) is 41.6 Å². The van der Waals surface area contributed by atoms with Crippen LogP contribution in [0.2, 0.25) is 0 Å². The summed E-state index contributed by atoms with van der Waals surface area (Å²) in [6.45, 7) is 2.40. The minimum atomic E-state index is 0.295. The van der Waals surface area contributed by atoms with E-state index in [0.29, 0.717) is 13.2 Å². The zero-order chi connectivity index (χ0) is 13.5. The van der Waals surface area contributed by atoms with Gasteiger partial charge in [0.1, 0.15) is 0 Å². The topological polar surface area (TPSA) is 64.5 Å². The molecule has 0 spiro atoms. The van der Waals surface area contributed by atoms with Crippen molar-refractivity contribution in [2.45, 2.75) is 51.4 Å². The van der Waals surface area contributed by atoms with Crippen molar-refractivity contribution >= 4 is 17.3 Å². The van der Waals surface area contributed by atoms with E-state index in [9.17, 15) is 0 Å². The molecule has 0 bridgehead atoms. The third-order valence-electron chi connectivity index (χ3n) is 2.74. The van der Waals surface area contributed by atoms with Crippen molar-refractivity contribution < 1.29 is 10.2 Å². The quantitative estimate of drug-likeness (QED) is 0.322. The maximum Gasteiger partial charge on any atom is 0.166 e. The van der Waals surface area contributed by atoms with Crippen LogP contribution in [0.3, 0.4) is 0 Å². The summed E-state index contributed by atoms with van der Waals surface area (Å²) >= 11 is 5.15. The summed E-state index contributed by atoms with van der Waals surface area (Å²) in [5.41, 5.74) is 0. The number of rotatable bonds is 12. The van der Waals surface area contributed by atoms with E-state index in [2.05, 4.69) is 10.6 Å². The Morgan fingerprint density at radius 3 is 1.44 bits per heavy atom. The van der Waals surface area contributed by atoms with Gasteiger partial charge in [-0.1, -0.05) is 25.7 Å². The standard InChI is InChI=1S/C13H28N2O2S/c16-11-7-3-1-5-9-14-13(18)15-10-6-2-4-8-12-17/h16-17H,1-12H2,(H2,14,15,18). The van der Waals surface area contributed by atoms with Crippen molar-refractivity contribution in [1.29, 1.82) is 0 Å². The molecule has 0 amide bonds. The Morgan fingerprint density at radius 2 is 1.06 bits per heavy atom. The first-order valence-electron chi connectivity index (χ1n) is 7.04. The second-order valence-corrected chi connectivity index (χ2v) is 4.87. The van der Waals surface area contributed by atoms with Crippen LogP contribution in [-0.2, 0) is 0 Å². The lowest BCUT2D eigenvalue weighted by Gasteiger charge is -2.10. The highest BCUT2D eigenvalue weighted by Crippen LogP contribution is 1.98. The molecule has 0 radical (unpaired) electrons. The summed E-state index contributed by atoms with van der Waals surface area (Å²) in [4.78, 5) is 0. The number of thiocarbonyl (C=S) groups is 1. The molecule has 0 aromatic carbocycles. The molecule has 18 heavy (non-hydrogen) atoms. The van der Waals surface area contributed by atoms with E-state index >= 15 is 0 Å². The molecular weight excluding hydrogens is 248 g/mol. The lowest BCUT2D eigenvalue weighted by atomic mass is 10.2. The van der Waals surface area contributed by atoms with Gasteiger partial charge in [-0.3, -0.25) is 0 Å². The maximum atomic E-state index is 8.63. The van der Waals surface area contributed by atoms with Gasteiger partial charge >= 0.3 is 0 Å². The van der Waals surface area contributed by atoms with Crippen LogP contribution in [0.15, 0.2) is 0 Å². The van der Waals surface area contributed by atoms with Gasteiger partial charge in [0.2, 0.25) is 0 Å². The van der Waals surface area contributed by atoms with Gasteiger partial charge in [0, 0.05) is 26.3 Å². The predicted molar refractivity (Wildman–Crippen MR) is 79.7 cm³/mol. The Bertz CT molecular complexity index is 174. The predicted octanol–water partition coefficient (Wildman–Crippen LogP) is 1.56. The van der Waals surface area contributed by atoms with Crippen LogP contribution < -0.4 is 10.6 Å². The van der Waals surface area contributed by atoms with E-state index < -0.39 is 0 Å². The summed E-state index contributed by atoms with van der Waals surface area (Å²) in [5.74, 6) is 0. The SMILES string of the molecule is OCCCCCCNC(=S)NCCCCCCO. The van der Waals surface area contributed by atoms with Gasteiger partial charge in [0.05, 0.1) is 0 Å². The third kappa shape index (κ3) is 13.7. The van der Waals surface area contributed by atoms with Gasteiger partial charge in [-0.05, 0) is 37.9 Å². The van der Waals surface area contributed by atoms with Crippen LogP contribution in [0.4, 0.5) is 0 Å². The van der Waals surface area contributed by atoms with E-state index in [0.717, 1.165) is 69.6 Å². The Kier molecular flexibility index (Phi) is 14.4. The lowest BCUT2D eigenvalue weighted by molar-refractivity contribution is 0.282. The zero-order valence-corrected chi connectivity index (χ0v) is 12.1. The van der Waals surface area contributed by atoms with Gasteiger partial charge < -0.3 is 20.8 Å². The molecule has 0 aliphatic rings. The van der Waals surface area contributed by atoms with E-state index in [1.807, 2.05) is 0 Å². The molecule has 4 N–H and O–H groups in total. The summed E-state index contributed by atoms with van der Waals surface area (Å²) in [6.07, 6.45) is 8.44. The molecule has 0 unspecified atom stereocenters. The number of unbranched alkanes of at least 4 members (excludes halogenated alkanes) is 6. The molecule has 0 heterocycles. The summed E-state index contributed by atoms with van der Waals surface area (Å²) in [5, 5.41) is 24.3. The Morgan fingerprint density at radius 1 is 0.667 bits per heavy atom. The molecular formula is C13H28N2O2S. The second kappa shape index (κ2) is 14.7. The maximum absolute atomic E-state index is 8.63. The van der Waals surface area contributed by atoms with Crippen LogP contribution in [0.1, 0.15) is 51.4 Å². The molecule has 0 atom stereocenters. The third-order valence-corrected chi connectivity index (χ3v) is 3.03. The highest BCUT2D eigenvalue weighted by molar-refractivity contribution is 7.80. The van der Waals surface area contributed by atoms with Gasteiger partial charge in [0.25, 0.3) is 0 Å². The van der Waals surface area contributed by atoms with Gasteiger partial charge in [-0.2, -0.15) is 0 Å². The fourth-order valence-corrected chi connectivity index (χ4v) is 1.85. The average Bonchev–Trinajstić information content (AvgIpc) is 2.38. The van der Waals surface area contributed by atoms with E-state index in [1.54, 1.807) is 0 Å². The van der Waals surface area contributed by atoms with Crippen molar-refractivity contribution in [3.8, 4) is 0 Å². The second-order valence-electron chi connectivity index (χ2n) is 4.46. The van der Waals surface area contributed by atoms with E-state index in [1.165, 1.54) is 0 Å². The van der Waals surface area contributed by atoms with Crippen molar-refractivity contribution in [3.63, 3.8) is 0 Å². The van der Waals surface area contributed by atoms with Crippen molar-refractivity contribution in [1.82, 2.24) is 10.6 Å². The van der Waals surface area contributed by atoms with Crippen molar-refractivity contribution in [2.75, 3.05) is 26.3 Å². The molecule has 108 valence electrons. The largest absolute Gasteiger partial charge is 0.396 e. The number of hydrogen-bond acceptors (Lipinski definition) is 3. The molecule has 0 saturated heterocycles. The summed E-state index contributed by atoms with van der Waals surface area (Å²) in [6, 6.07) is 0. The lowest BCUT2D eigenvalue weighted by Crippen LogP contribution is -2.36.